The van der Waals surface area contributed by atoms with E-state index in [-0.39, 0.29) is 116 Å². The first-order valence-electron chi connectivity index (χ1n) is 15.9. The van der Waals surface area contributed by atoms with Crippen LogP contribution in [0.2, 0.25) is 0 Å². The second-order valence-corrected chi connectivity index (χ2v) is 11.2. The molecule has 0 aliphatic carbocycles. The molecule has 0 aliphatic heterocycles. The third-order valence-electron chi connectivity index (χ3n) is 4.06. The normalized spacial score (nSPS) is 6.21. The molecule has 0 bridgehead atoms. The van der Waals surface area contributed by atoms with Gasteiger partial charge in [-0.1, -0.05) is 105 Å². The Balaban J connectivity index is -0.0000000183. The molecule has 0 heterocycles. The first kappa shape index (κ1) is 137. The van der Waals surface area contributed by atoms with Crippen molar-refractivity contribution in [2.75, 3.05) is 154 Å². The third-order valence-corrected chi connectivity index (χ3v) is 5.21. The number of ether oxygens (including phenoxy) is 3. The van der Waals surface area contributed by atoms with Crippen LogP contribution in [0.1, 0.15) is 95.5 Å². The Morgan fingerprint density at radius 2 is 0.507 bits per heavy atom. The van der Waals surface area contributed by atoms with Gasteiger partial charge in [-0.15, -0.1) is 0 Å². The smallest absolute Gasteiger partial charge is 0.406 e. The van der Waals surface area contributed by atoms with Crippen molar-refractivity contribution < 1.29 is 52.6 Å². The molecule has 67 heavy (non-hydrogen) atoms. The van der Waals surface area contributed by atoms with E-state index in [2.05, 4.69) is 51.4 Å². The van der Waals surface area contributed by atoms with Crippen molar-refractivity contribution in [1.82, 2.24) is 56.8 Å². The molecule has 428 valence electrons. The number of carbonyl (C=O) groups is 8. The molecule has 0 aromatic carbocycles. The van der Waals surface area contributed by atoms with Crippen molar-refractivity contribution in [3.8, 4) is 0 Å². The summed E-state index contributed by atoms with van der Waals surface area (Å²) in [4.78, 5) is 86.6. The SMILES string of the molecule is C.C.C.C.C.C.C.C.C.C.C.CC(=O)N(C)C.CC(=O)N(C)C.CNC.CNC(=O)N(C)C.CNC(=O)N(C)C.CNC(=O)OC.CNC(=O)OC.CNC(=O)SC.CNC(=O)SC.COC. The van der Waals surface area contributed by atoms with E-state index in [1.807, 2.05) is 14.1 Å². The highest BCUT2D eigenvalue weighted by Crippen LogP contribution is 1.89. The maximum absolute atomic E-state index is 10.3. The minimum Gasteiger partial charge on any atom is -0.453 e. The molecule has 0 fully saturated rings. The first-order chi connectivity index (χ1) is 25.7. The molecule has 7 N–H and O–H groups in total. The van der Waals surface area contributed by atoms with Crippen molar-refractivity contribution in [1.29, 1.82) is 0 Å². The molecule has 0 aliphatic rings. The lowest BCUT2D eigenvalue weighted by Gasteiger charge is -2.06. The molecule has 0 unspecified atom stereocenters. The number of carbonyl (C=O) groups excluding carboxylic acids is 8. The molecule has 0 saturated heterocycles. The fourth-order valence-electron chi connectivity index (χ4n) is 0.855. The lowest BCUT2D eigenvalue weighted by atomic mass is 10.7. The van der Waals surface area contributed by atoms with Gasteiger partial charge < -0.3 is 71.0 Å². The molecular weight excluding hydrogens is 911 g/mol. The summed E-state index contributed by atoms with van der Waals surface area (Å²) in [6.45, 7) is 3.06. The summed E-state index contributed by atoms with van der Waals surface area (Å²) < 4.78 is 12.5. The van der Waals surface area contributed by atoms with Gasteiger partial charge in [0.2, 0.25) is 11.8 Å². The summed E-state index contributed by atoms with van der Waals surface area (Å²) in [6.07, 6.45) is 2.66. The largest absolute Gasteiger partial charge is 0.453 e. The van der Waals surface area contributed by atoms with Gasteiger partial charge in [0, 0.05) is 127 Å². The quantitative estimate of drug-likeness (QED) is 0.120. The molecule has 10 amide bonds. The highest BCUT2D eigenvalue weighted by molar-refractivity contribution is 8.13. The van der Waals surface area contributed by atoms with E-state index >= 15 is 0 Å². The Kier molecular flexibility index (Phi) is 244. The van der Waals surface area contributed by atoms with Crippen LogP contribution in [0.25, 0.3) is 0 Å². The first-order valence-corrected chi connectivity index (χ1v) is 18.3. The van der Waals surface area contributed by atoms with E-state index in [0.717, 1.165) is 0 Å². The van der Waals surface area contributed by atoms with Gasteiger partial charge in [-0.05, 0) is 26.6 Å². The Hall–Kier alpha value is -4.42. The molecular formula is C43H123N11O11S2. The summed E-state index contributed by atoms with van der Waals surface area (Å²) in [5, 5.41) is 17.1. The van der Waals surface area contributed by atoms with E-state index in [4.69, 9.17) is 0 Å². The predicted molar refractivity (Wildman–Crippen MR) is 306 cm³/mol. The van der Waals surface area contributed by atoms with Gasteiger partial charge in [0.25, 0.3) is 10.5 Å². The number of hydrogen-bond acceptors (Lipinski definition) is 14. The molecule has 0 rings (SSSR count). The number of alkyl carbamates (subject to hydrolysis) is 2. The van der Waals surface area contributed by atoms with Crippen LogP contribution in [-0.4, -0.2) is 220 Å². The summed E-state index contributed by atoms with van der Waals surface area (Å²) >= 11 is 2.35. The fourth-order valence-corrected chi connectivity index (χ4v) is 1.26. The molecule has 0 saturated carbocycles. The highest BCUT2D eigenvalue weighted by Gasteiger charge is 1.95. The number of thioether (sulfide) groups is 2. The zero-order valence-electron chi connectivity index (χ0n) is 38.6. The van der Waals surface area contributed by atoms with Gasteiger partial charge in [0.15, 0.2) is 0 Å². The topological polar surface area (TPSA) is 261 Å². The zero-order valence-corrected chi connectivity index (χ0v) is 40.2. The van der Waals surface area contributed by atoms with E-state index in [1.54, 1.807) is 111 Å². The highest BCUT2D eigenvalue weighted by atomic mass is 32.2. The van der Waals surface area contributed by atoms with Crippen LogP contribution in [0.4, 0.5) is 28.8 Å². The molecule has 0 aromatic rings. The number of urea groups is 2. The fraction of sp³-hybridized carbons (Fsp3) is 0.814. The number of nitrogens with one attached hydrogen (secondary N) is 7. The van der Waals surface area contributed by atoms with E-state index in [1.165, 1.54) is 85.3 Å². The van der Waals surface area contributed by atoms with Crippen molar-refractivity contribution in [3.63, 3.8) is 0 Å². The summed E-state index contributed by atoms with van der Waals surface area (Å²) in [7, 11) is 32.7. The molecule has 22 nitrogen and oxygen atoms in total. The predicted octanol–water partition coefficient (Wildman–Crippen LogP) is 8.38. The van der Waals surface area contributed by atoms with Crippen molar-refractivity contribution in [2.45, 2.75) is 95.5 Å². The summed E-state index contributed by atoms with van der Waals surface area (Å²) in [6, 6.07) is -0.139. The van der Waals surface area contributed by atoms with Gasteiger partial charge in [0.05, 0.1) is 14.2 Å². The van der Waals surface area contributed by atoms with Crippen LogP contribution in [0.5, 0.6) is 0 Å². The average Bonchev–Trinajstić information content (AvgIpc) is 3.17. The lowest BCUT2D eigenvalue weighted by Crippen LogP contribution is -2.31. The maximum Gasteiger partial charge on any atom is 0.406 e. The maximum atomic E-state index is 10.3. The van der Waals surface area contributed by atoms with Crippen molar-refractivity contribution in [2.24, 2.45) is 0 Å². The molecule has 0 radical (unpaired) electrons. The molecule has 24 heteroatoms. The Labute approximate surface area is 427 Å². The number of amides is 10. The molecule has 0 aromatic heterocycles. The van der Waals surface area contributed by atoms with Gasteiger partial charge in [-0.3, -0.25) is 19.2 Å². The van der Waals surface area contributed by atoms with Crippen LogP contribution < -0.4 is 37.2 Å². The second-order valence-electron chi connectivity index (χ2n) is 9.60. The van der Waals surface area contributed by atoms with Gasteiger partial charge >= 0.3 is 24.2 Å². The van der Waals surface area contributed by atoms with Crippen LogP contribution in [0.3, 0.4) is 0 Å². The second kappa shape index (κ2) is 119. The van der Waals surface area contributed by atoms with Crippen LogP contribution >= 0.6 is 23.5 Å². The summed E-state index contributed by atoms with van der Waals surface area (Å²) in [5.41, 5.74) is 0. The minimum absolute atomic E-state index is 0. The Bertz CT molecular complexity index is 810. The van der Waals surface area contributed by atoms with Crippen LogP contribution in [0, 0.1) is 0 Å². The van der Waals surface area contributed by atoms with Crippen molar-refractivity contribution >= 4 is 70.1 Å². The average molecular weight is 1030 g/mol. The van der Waals surface area contributed by atoms with Crippen LogP contribution in [-0.2, 0) is 23.8 Å². The van der Waals surface area contributed by atoms with E-state index < -0.39 is 12.2 Å². The monoisotopic (exact) mass is 1030 g/mol. The summed E-state index contributed by atoms with van der Waals surface area (Å²) in [5.74, 6) is 0.185. The van der Waals surface area contributed by atoms with Gasteiger partial charge in [-0.25, -0.2) is 19.2 Å². The standard InChI is InChI=1S/2C4H10N2O.2C4H9NO.2C3H7NO2.2C3H7NOS.C2H7N.C2H6O.11CH4/c2*1-5-4(7)6(2)3;2*1-4(6)5(2)3;4*1-4-3(5)6-2;2*1-3-2;;;;;;;;;;;/h2*1-3H3,(H,5,7);2*1-3H3;4*1-2H3,(H,4,5);3H,1-2H3;1-2H3;11*1H4. The van der Waals surface area contributed by atoms with E-state index in [9.17, 15) is 38.4 Å². The number of nitrogens with zero attached hydrogens (tertiary/aromatic N) is 4. The zero-order chi connectivity index (χ0) is 47.4. The third kappa shape index (κ3) is 219. The number of rotatable bonds is 0. The van der Waals surface area contributed by atoms with Gasteiger partial charge in [-0.2, -0.15) is 0 Å². The number of methoxy groups -OCH3 is 3. The Morgan fingerprint density at radius 3 is 0.507 bits per heavy atom. The van der Waals surface area contributed by atoms with Gasteiger partial charge in [0.1, 0.15) is 0 Å². The molecule has 0 spiro atoms. The molecule has 0 atom stereocenters. The van der Waals surface area contributed by atoms with E-state index in [0.29, 0.717) is 0 Å². The van der Waals surface area contributed by atoms with Crippen LogP contribution in [0.15, 0.2) is 0 Å². The lowest BCUT2D eigenvalue weighted by molar-refractivity contribution is -0.127. The Morgan fingerprint density at radius 1 is 0.358 bits per heavy atom. The van der Waals surface area contributed by atoms with Crippen molar-refractivity contribution in [3.05, 3.63) is 0 Å². The number of hydrogen-bond donors (Lipinski definition) is 7. The minimum atomic E-state index is -0.407.